The molecule has 0 radical (unpaired) electrons. The molecule has 4 nitrogen and oxygen atoms in total. The highest BCUT2D eigenvalue weighted by Gasteiger charge is 2.00. The predicted octanol–water partition coefficient (Wildman–Crippen LogP) is 2.75. The molecule has 0 aliphatic carbocycles. The molecule has 0 saturated carbocycles. The molecule has 2 N–H and O–H groups in total. The van der Waals surface area contributed by atoms with E-state index in [9.17, 15) is 0 Å². The summed E-state index contributed by atoms with van der Waals surface area (Å²) in [5.74, 6) is 0.856. The van der Waals surface area contributed by atoms with Gasteiger partial charge in [-0.1, -0.05) is 30.3 Å². The molecule has 0 aliphatic rings. The summed E-state index contributed by atoms with van der Waals surface area (Å²) in [5.41, 5.74) is 1.21. The summed E-state index contributed by atoms with van der Waals surface area (Å²) >= 11 is 1.75. The molecule has 0 aliphatic heterocycles. The minimum absolute atomic E-state index is 0.687. The zero-order valence-corrected chi connectivity index (χ0v) is 13.4. The number of hydrogen-bond donors (Lipinski definition) is 2. The molecule has 0 spiro atoms. The highest BCUT2D eigenvalue weighted by Crippen LogP contribution is 2.10. The molecule has 0 amide bonds. The number of nitrogens with one attached hydrogen (secondary N) is 2. The number of aromatic nitrogens is 1. The lowest BCUT2D eigenvalue weighted by molar-refractivity contribution is 0.796. The van der Waals surface area contributed by atoms with Crippen LogP contribution < -0.4 is 10.6 Å². The van der Waals surface area contributed by atoms with E-state index in [0.29, 0.717) is 6.54 Å². The maximum Gasteiger partial charge on any atom is 0.191 e. The van der Waals surface area contributed by atoms with Crippen molar-refractivity contribution < 1.29 is 0 Å². The Morgan fingerprint density at radius 3 is 2.71 bits per heavy atom. The molecular weight excluding hydrogens is 280 g/mol. The third-order valence-electron chi connectivity index (χ3n) is 2.91. The third-order valence-corrected chi connectivity index (χ3v) is 3.88. The van der Waals surface area contributed by atoms with Crippen molar-refractivity contribution in [3.05, 3.63) is 52.0 Å². The van der Waals surface area contributed by atoms with Gasteiger partial charge in [0, 0.05) is 30.6 Å². The summed E-state index contributed by atoms with van der Waals surface area (Å²) in [6, 6.07) is 10.3. The molecule has 5 heteroatoms. The van der Waals surface area contributed by atoms with Gasteiger partial charge in [-0.05, 0) is 19.4 Å². The Morgan fingerprint density at radius 2 is 2.05 bits per heavy atom. The fraction of sp³-hybridized carbons (Fsp3) is 0.375. The summed E-state index contributed by atoms with van der Waals surface area (Å²) in [6.07, 6.45) is 2.85. The van der Waals surface area contributed by atoms with Crippen molar-refractivity contribution in [2.24, 2.45) is 4.99 Å². The smallest absolute Gasteiger partial charge is 0.191 e. The Balaban J connectivity index is 1.83. The second kappa shape index (κ2) is 8.42. The predicted molar refractivity (Wildman–Crippen MR) is 89.8 cm³/mol. The van der Waals surface area contributed by atoms with E-state index in [1.807, 2.05) is 24.4 Å². The Labute approximate surface area is 130 Å². The minimum atomic E-state index is 0.687. The zero-order valence-electron chi connectivity index (χ0n) is 12.6. The van der Waals surface area contributed by atoms with Crippen LogP contribution in [0, 0.1) is 6.92 Å². The van der Waals surface area contributed by atoms with E-state index in [0.717, 1.165) is 25.5 Å². The Hall–Kier alpha value is -1.88. The van der Waals surface area contributed by atoms with E-state index in [1.165, 1.54) is 15.4 Å². The topological polar surface area (TPSA) is 49.3 Å². The van der Waals surface area contributed by atoms with E-state index in [2.05, 4.69) is 46.6 Å². The summed E-state index contributed by atoms with van der Waals surface area (Å²) in [5, 5.41) is 7.79. The summed E-state index contributed by atoms with van der Waals surface area (Å²) in [4.78, 5) is 10.2. The van der Waals surface area contributed by atoms with Crippen LogP contribution in [0.4, 0.5) is 0 Å². The van der Waals surface area contributed by atoms with Gasteiger partial charge in [-0.25, -0.2) is 9.98 Å². The molecule has 0 saturated heterocycles. The average Bonchev–Trinajstić information content (AvgIpc) is 2.91. The second-order valence-electron chi connectivity index (χ2n) is 4.72. The first-order valence-corrected chi connectivity index (χ1v) is 8.07. The second-order valence-corrected chi connectivity index (χ2v) is 6.04. The monoisotopic (exact) mass is 302 g/mol. The molecule has 0 fully saturated rings. The lowest BCUT2D eigenvalue weighted by Crippen LogP contribution is -2.38. The number of rotatable bonds is 6. The van der Waals surface area contributed by atoms with Gasteiger partial charge >= 0.3 is 0 Å². The normalized spacial score (nSPS) is 11.4. The molecule has 2 rings (SSSR count). The molecule has 0 atom stereocenters. The highest BCUT2D eigenvalue weighted by atomic mass is 32.1. The van der Waals surface area contributed by atoms with Gasteiger partial charge in [0.1, 0.15) is 0 Å². The first-order valence-electron chi connectivity index (χ1n) is 7.25. The minimum Gasteiger partial charge on any atom is -0.357 e. The van der Waals surface area contributed by atoms with Gasteiger partial charge in [-0.3, -0.25) is 0 Å². The molecule has 1 heterocycles. The van der Waals surface area contributed by atoms with Crippen LogP contribution in [-0.4, -0.2) is 24.0 Å². The molecule has 0 bridgehead atoms. The van der Waals surface area contributed by atoms with Crippen molar-refractivity contribution in [3.63, 3.8) is 0 Å². The molecule has 1 aromatic carbocycles. The summed E-state index contributed by atoms with van der Waals surface area (Å²) < 4.78 is 0. The van der Waals surface area contributed by atoms with Crippen LogP contribution in [0.1, 0.15) is 22.4 Å². The van der Waals surface area contributed by atoms with Gasteiger partial charge in [-0.15, -0.1) is 11.3 Å². The number of aryl methyl sites for hydroxylation is 1. The number of hydrogen-bond acceptors (Lipinski definition) is 3. The van der Waals surface area contributed by atoms with Crippen LogP contribution in [0.5, 0.6) is 0 Å². The molecule has 21 heavy (non-hydrogen) atoms. The van der Waals surface area contributed by atoms with Gasteiger partial charge in [0.2, 0.25) is 0 Å². The number of guanidine groups is 1. The number of aliphatic imine (C=N–C) groups is 1. The van der Waals surface area contributed by atoms with Gasteiger partial charge in [0.25, 0.3) is 0 Å². The van der Waals surface area contributed by atoms with E-state index < -0.39 is 0 Å². The van der Waals surface area contributed by atoms with Crippen LogP contribution in [0.15, 0.2) is 41.5 Å². The van der Waals surface area contributed by atoms with Crippen molar-refractivity contribution in [1.29, 1.82) is 0 Å². The Kier molecular flexibility index (Phi) is 6.22. The molecule has 2 aromatic rings. The average molecular weight is 302 g/mol. The van der Waals surface area contributed by atoms with E-state index >= 15 is 0 Å². The van der Waals surface area contributed by atoms with E-state index in [4.69, 9.17) is 0 Å². The first kappa shape index (κ1) is 15.5. The third kappa shape index (κ3) is 5.55. The van der Waals surface area contributed by atoms with Crippen LogP contribution in [0.2, 0.25) is 0 Å². The van der Waals surface area contributed by atoms with Crippen LogP contribution in [0.25, 0.3) is 0 Å². The maximum atomic E-state index is 4.60. The zero-order chi connectivity index (χ0) is 14.9. The quantitative estimate of drug-likeness (QED) is 0.637. The molecule has 1 aromatic heterocycles. The fourth-order valence-corrected chi connectivity index (χ4v) is 2.69. The lowest BCUT2D eigenvalue weighted by Gasteiger charge is -2.10. The SMILES string of the molecule is CCNC(=NCc1ccccc1)NCCc1ncc(C)s1. The largest absolute Gasteiger partial charge is 0.357 e. The molecule has 0 unspecified atom stereocenters. The highest BCUT2D eigenvalue weighted by molar-refractivity contribution is 7.11. The van der Waals surface area contributed by atoms with Crippen molar-refractivity contribution in [2.75, 3.05) is 13.1 Å². The van der Waals surface area contributed by atoms with Crippen molar-refractivity contribution in [3.8, 4) is 0 Å². The van der Waals surface area contributed by atoms with E-state index in [-0.39, 0.29) is 0 Å². The Bertz CT molecular complexity index is 563. The first-order chi connectivity index (χ1) is 10.3. The van der Waals surface area contributed by atoms with Crippen molar-refractivity contribution >= 4 is 17.3 Å². The standard InChI is InChI=1S/C16H22N4S/c1-3-17-16(20-12-14-7-5-4-6-8-14)18-10-9-15-19-11-13(2)21-15/h4-8,11H,3,9-10,12H2,1-2H3,(H2,17,18,20). The van der Waals surface area contributed by atoms with Crippen LogP contribution >= 0.6 is 11.3 Å². The maximum absolute atomic E-state index is 4.60. The fourth-order valence-electron chi connectivity index (χ4n) is 1.90. The molecular formula is C16H22N4S. The number of nitrogens with zero attached hydrogens (tertiary/aromatic N) is 2. The summed E-state index contributed by atoms with van der Waals surface area (Å²) in [6.45, 7) is 6.54. The van der Waals surface area contributed by atoms with Crippen molar-refractivity contribution in [1.82, 2.24) is 15.6 Å². The van der Waals surface area contributed by atoms with Gasteiger partial charge in [0.05, 0.1) is 11.6 Å². The van der Waals surface area contributed by atoms with Crippen LogP contribution in [0.3, 0.4) is 0 Å². The molecule has 112 valence electrons. The van der Waals surface area contributed by atoms with Gasteiger partial charge in [-0.2, -0.15) is 0 Å². The van der Waals surface area contributed by atoms with Gasteiger partial charge in [0.15, 0.2) is 5.96 Å². The number of thiazole rings is 1. The Morgan fingerprint density at radius 1 is 1.24 bits per heavy atom. The van der Waals surface area contributed by atoms with Gasteiger partial charge < -0.3 is 10.6 Å². The van der Waals surface area contributed by atoms with Crippen molar-refractivity contribution in [2.45, 2.75) is 26.8 Å². The lowest BCUT2D eigenvalue weighted by atomic mass is 10.2. The number of benzene rings is 1. The van der Waals surface area contributed by atoms with Crippen LogP contribution in [-0.2, 0) is 13.0 Å². The van der Waals surface area contributed by atoms with E-state index in [1.54, 1.807) is 11.3 Å². The summed E-state index contributed by atoms with van der Waals surface area (Å²) in [7, 11) is 0.